The van der Waals surface area contributed by atoms with E-state index in [1.54, 1.807) is 6.07 Å². The summed E-state index contributed by atoms with van der Waals surface area (Å²) in [5, 5.41) is 20.7. The van der Waals surface area contributed by atoms with Crippen LogP contribution < -0.4 is 0 Å². The third-order valence-electron chi connectivity index (χ3n) is 2.82. The molecule has 2 rings (SSSR count). The van der Waals surface area contributed by atoms with E-state index >= 15 is 0 Å². The first-order valence-electron chi connectivity index (χ1n) is 6.03. The zero-order valence-electron chi connectivity index (χ0n) is 11.0. The molecule has 0 aromatic heterocycles. The van der Waals surface area contributed by atoms with Crippen LogP contribution in [0.25, 0.3) is 6.08 Å². The van der Waals surface area contributed by atoms with Gasteiger partial charge in [-0.15, -0.1) is 0 Å². The molecule has 0 saturated heterocycles. The Morgan fingerprint density at radius 3 is 2.55 bits per heavy atom. The van der Waals surface area contributed by atoms with Crippen LogP contribution in [0, 0.1) is 10.1 Å². The number of carbonyl (C=O) groups excluding carboxylic acids is 1. The largest absolute Gasteiger partial charge is 0.502 e. The van der Waals surface area contributed by atoms with Gasteiger partial charge in [0.15, 0.2) is 11.5 Å². The molecule has 0 spiro atoms. The average Bonchev–Trinajstić information content (AvgIpc) is 2.45. The van der Waals surface area contributed by atoms with Gasteiger partial charge in [-0.25, -0.2) is 0 Å². The van der Waals surface area contributed by atoms with Gasteiger partial charge in [-0.2, -0.15) is 0 Å². The summed E-state index contributed by atoms with van der Waals surface area (Å²) in [6.07, 6.45) is 2.64. The number of phenols is 1. The molecule has 0 bridgehead atoms. The number of ketones is 1. The highest BCUT2D eigenvalue weighted by Gasteiger charge is 2.13. The van der Waals surface area contributed by atoms with Gasteiger partial charge in [0.05, 0.1) is 9.95 Å². The molecule has 0 unspecified atom stereocenters. The summed E-state index contributed by atoms with van der Waals surface area (Å²) in [6, 6.07) is 8.31. The van der Waals surface area contributed by atoms with Crippen molar-refractivity contribution < 1.29 is 14.8 Å². The van der Waals surface area contributed by atoms with Gasteiger partial charge in [0, 0.05) is 16.7 Å². The SMILES string of the molecule is O=C(/C=C\c1ccc(O)c([N+](=O)[O-])c1)c1ccc(Cl)cc1Cl. The second kappa shape index (κ2) is 6.60. The normalized spacial score (nSPS) is 10.8. The lowest BCUT2D eigenvalue weighted by Crippen LogP contribution is -1.95. The molecule has 0 aliphatic heterocycles. The summed E-state index contributed by atoms with van der Waals surface area (Å²) < 4.78 is 0. The highest BCUT2D eigenvalue weighted by molar-refractivity contribution is 6.37. The number of halogens is 2. The molecule has 1 N–H and O–H groups in total. The molecule has 0 aliphatic rings. The third-order valence-corrected chi connectivity index (χ3v) is 3.37. The number of nitro groups is 1. The van der Waals surface area contributed by atoms with Crippen LogP contribution in [0.3, 0.4) is 0 Å². The van der Waals surface area contributed by atoms with E-state index in [-0.39, 0.29) is 16.4 Å². The summed E-state index contributed by atoms with van der Waals surface area (Å²) in [5.41, 5.74) is 0.248. The predicted octanol–water partition coefficient (Wildman–Crippen LogP) is 4.50. The molecule has 0 radical (unpaired) electrons. The number of nitro benzene ring substituents is 1. The topological polar surface area (TPSA) is 80.4 Å². The fourth-order valence-corrected chi connectivity index (χ4v) is 2.24. The molecule has 0 heterocycles. The number of rotatable bonds is 4. The maximum Gasteiger partial charge on any atom is 0.311 e. The third kappa shape index (κ3) is 3.63. The number of benzene rings is 2. The van der Waals surface area contributed by atoms with Crippen molar-refractivity contribution in [3.05, 3.63) is 73.8 Å². The second-order valence-electron chi connectivity index (χ2n) is 4.33. The Labute approximate surface area is 135 Å². The van der Waals surface area contributed by atoms with Crippen LogP contribution in [-0.4, -0.2) is 15.8 Å². The summed E-state index contributed by atoms with van der Waals surface area (Å²) in [5.74, 6) is -0.799. The first-order chi connectivity index (χ1) is 10.4. The van der Waals surface area contributed by atoms with Crippen molar-refractivity contribution in [1.29, 1.82) is 0 Å². The minimum Gasteiger partial charge on any atom is -0.502 e. The quantitative estimate of drug-likeness (QED) is 0.385. The van der Waals surface area contributed by atoms with Crippen LogP contribution in [0.5, 0.6) is 5.75 Å². The van der Waals surface area contributed by atoms with Crippen LogP contribution in [0.2, 0.25) is 10.0 Å². The lowest BCUT2D eigenvalue weighted by Gasteiger charge is -2.01. The van der Waals surface area contributed by atoms with Gasteiger partial charge in [-0.05, 0) is 35.9 Å². The summed E-state index contributed by atoms with van der Waals surface area (Å²) in [7, 11) is 0. The molecule has 2 aromatic rings. The van der Waals surface area contributed by atoms with Gasteiger partial charge in [0.2, 0.25) is 0 Å². The van der Waals surface area contributed by atoms with E-state index in [1.165, 1.54) is 42.5 Å². The summed E-state index contributed by atoms with van der Waals surface area (Å²) in [6.45, 7) is 0. The fourth-order valence-electron chi connectivity index (χ4n) is 1.74. The predicted molar refractivity (Wildman–Crippen MR) is 84.6 cm³/mol. The number of carbonyl (C=O) groups is 1. The Bertz CT molecular complexity index is 787. The Kier molecular flexibility index (Phi) is 4.80. The van der Waals surface area contributed by atoms with Crippen molar-refractivity contribution in [1.82, 2.24) is 0 Å². The van der Waals surface area contributed by atoms with E-state index in [9.17, 15) is 20.0 Å². The van der Waals surface area contributed by atoms with Crippen LogP contribution in [-0.2, 0) is 0 Å². The molecular weight excluding hydrogens is 329 g/mol. The number of hydrogen-bond acceptors (Lipinski definition) is 4. The van der Waals surface area contributed by atoms with Gasteiger partial charge in [0.25, 0.3) is 0 Å². The Hall–Kier alpha value is -2.37. The number of phenolic OH excluding ortho intramolecular Hbond substituents is 1. The van der Waals surface area contributed by atoms with Crippen molar-refractivity contribution in [2.24, 2.45) is 0 Å². The molecule has 2 aromatic carbocycles. The van der Waals surface area contributed by atoms with Crippen molar-refractivity contribution in [2.45, 2.75) is 0 Å². The maximum absolute atomic E-state index is 12.0. The zero-order valence-corrected chi connectivity index (χ0v) is 12.5. The standard InChI is InChI=1S/C15H9Cl2NO4/c16-10-3-4-11(12(17)8-10)14(19)5-1-9-2-6-15(20)13(7-9)18(21)22/h1-8,20H/b5-1-. The van der Waals surface area contributed by atoms with Crippen LogP contribution in [0.1, 0.15) is 15.9 Å². The lowest BCUT2D eigenvalue weighted by molar-refractivity contribution is -0.385. The molecule has 112 valence electrons. The van der Waals surface area contributed by atoms with E-state index in [0.717, 1.165) is 0 Å². The van der Waals surface area contributed by atoms with Crippen molar-refractivity contribution in [3.63, 3.8) is 0 Å². The van der Waals surface area contributed by atoms with E-state index in [0.29, 0.717) is 10.6 Å². The molecule has 7 heteroatoms. The van der Waals surface area contributed by atoms with Gasteiger partial charge < -0.3 is 5.11 Å². The number of allylic oxidation sites excluding steroid dienone is 1. The Morgan fingerprint density at radius 1 is 1.18 bits per heavy atom. The fraction of sp³-hybridized carbons (Fsp3) is 0. The Morgan fingerprint density at radius 2 is 1.91 bits per heavy atom. The molecular formula is C15H9Cl2NO4. The van der Waals surface area contributed by atoms with Gasteiger partial charge in [-0.1, -0.05) is 35.3 Å². The molecule has 0 aliphatic carbocycles. The average molecular weight is 338 g/mol. The second-order valence-corrected chi connectivity index (χ2v) is 5.17. The maximum atomic E-state index is 12.0. The molecule has 5 nitrogen and oxygen atoms in total. The van der Waals surface area contributed by atoms with Gasteiger partial charge in [-0.3, -0.25) is 14.9 Å². The lowest BCUT2D eigenvalue weighted by atomic mass is 10.1. The minimum atomic E-state index is -0.704. The van der Waals surface area contributed by atoms with Crippen LogP contribution in [0.15, 0.2) is 42.5 Å². The van der Waals surface area contributed by atoms with Crippen molar-refractivity contribution in [2.75, 3.05) is 0 Å². The monoisotopic (exact) mass is 337 g/mol. The highest BCUT2D eigenvalue weighted by Crippen LogP contribution is 2.27. The van der Waals surface area contributed by atoms with E-state index in [1.807, 2.05) is 0 Å². The molecule has 0 amide bonds. The molecule has 22 heavy (non-hydrogen) atoms. The summed E-state index contributed by atoms with van der Waals surface area (Å²) in [4.78, 5) is 22.1. The summed E-state index contributed by atoms with van der Waals surface area (Å²) >= 11 is 11.7. The molecule has 0 fully saturated rings. The van der Waals surface area contributed by atoms with Crippen molar-refractivity contribution >= 4 is 40.7 Å². The number of aromatic hydroxyl groups is 1. The number of nitrogens with zero attached hydrogens (tertiary/aromatic N) is 1. The van der Waals surface area contributed by atoms with Gasteiger partial charge >= 0.3 is 5.69 Å². The highest BCUT2D eigenvalue weighted by atomic mass is 35.5. The number of hydrogen-bond donors (Lipinski definition) is 1. The smallest absolute Gasteiger partial charge is 0.311 e. The minimum absolute atomic E-state index is 0.221. The van der Waals surface area contributed by atoms with Crippen LogP contribution >= 0.6 is 23.2 Å². The zero-order chi connectivity index (χ0) is 16.3. The van der Waals surface area contributed by atoms with E-state index in [2.05, 4.69) is 0 Å². The van der Waals surface area contributed by atoms with E-state index < -0.39 is 16.4 Å². The molecule has 0 saturated carbocycles. The van der Waals surface area contributed by atoms with Crippen LogP contribution in [0.4, 0.5) is 5.69 Å². The van der Waals surface area contributed by atoms with Gasteiger partial charge in [0.1, 0.15) is 0 Å². The Balaban J connectivity index is 2.26. The molecule has 0 atom stereocenters. The van der Waals surface area contributed by atoms with E-state index in [4.69, 9.17) is 23.2 Å². The van der Waals surface area contributed by atoms with Crippen molar-refractivity contribution in [3.8, 4) is 5.75 Å². The first-order valence-corrected chi connectivity index (χ1v) is 6.79. The first kappa shape index (κ1) is 16.0.